The van der Waals surface area contributed by atoms with Gasteiger partial charge in [0.05, 0.1) is 21.7 Å². The van der Waals surface area contributed by atoms with E-state index in [4.69, 9.17) is 37.3 Å². The van der Waals surface area contributed by atoms with Gasteiger partial charge in [0.25, 0.3) is 0 Å². The fraction of sp³-hybridized carbons (Fsp3) is 0.934. The van der Waals surface area contributed by atoms with E-state index in [2.05, 4.69) is 107 Å². The molecule has 3 saturated carbocycles. The number of cyclic esters (lactones) is 4. The van der Waals surface area contributed by atoms with Gasteiger partial charge in [0.1, 0.15) is 24.4 Å². The first kappa shape index (κ1) is 66.1. The Labute approximate surface area is 472 Å². The summed E-state index contributed by atoms with van der Waals surface area (Å²) < 4.78 is 40.9. The zero-order valence-electron chi connectivity index (χ0n) is 51.7. The monoisotopic (exact) mass is 1140 g/mol. The Morgan fingerprint density at radius 1 is 0.429 bits per heavy atom. The Bertz CT molecular complexity index is 1730. The largest absolute Gasteiger partial charge is 0.462 e. The maximum Gasteiger partial charge on any atom is 0.312 e. The van der Waals surface area contributed by atoms with Gasteiger partial charge in [0.15, 0.2) is 25.0 Å². The average Bonchev–Trinajstić information content (AvgIpc) is 4.01. The molecule has 13 nitrogen and oxygen atoms in total. The summed E-state index contributed by atoms with van der Waals surface area (Å²) in [5.74, 6) is 0.163. The first-order valence-electron chi connectivity index (χ1n) is 30.8. The molecule has 0 bridgehead atoms. The minimum atomic E-state index is -1.69. The molecule has 0 aromatic heterocycles. The summed E-state index contributed by atoms with van der Waals surface area (Å²) in [4.78, 5) is 48.4. The van der Waals surface area contributed by atoms with Crippen LogP contribution >= 0.6 is 0 Å². The van der Waals surface area contributed by atoms with Crippen molar-refractivity contribution >= 4 is 48.8 Å². The van der Waals surface area contributed by atoms with Crippen molar-refractivity contribution in [1.29, 1.82) is 0 Å². The number of hydrogen-bond acceptors (Lipinski definition) is 13. The van der Waals surface area contributed by atoms with Gasteiger partial charge in [-0.2, -0.15) is 0 Å². The maximum atomic E-state index is 12.2. The van der Waals surface area contributed by atoms with Crippen LogP contribution < -0.4 is 5.32 Å². The molecule has 5 heterocycles. The predicted octanol–water partition coefficient (Wildman–Crippen LogP) is 14.3. The van der Waals surface area contributed by atoms with Crippen molar-refractivity contribution in [3.63, 3.8) is 0 Å². The van der Waals surface area contributed by atoms with Crippen LogP contribution in [0.3, 0.4) is 0 Å². The Balaban J connectivity index is 0.000000226. The lowest BCUT2D eigenvalue weighted by Gasteiger charge is -2.36. The standard InChI is InChI=1S/2C17H32O3Si.C16H31NO3Si.C11H18O3.H2/c2*1-16(2,3)21(4,5)19-12-9-14-13-17(15(18)20-14)10-7-6-8-11-17;1-15(2,3)21(4,5)19-11-6-13-12-16(14(18)20-13)7-9-17-10-8-16;12-7-4-9-8-11(10(13)14-9)5-2-1-3-6-11;/h2*14H,6-13H2,1-5H3;13,17H,6-12H2,1-5H3;9,12H,1-8H2;1H. The first-order chi connectivity index (χ1) is 35.8. The molecule has 448 valence electrons. The fourth-order valence-electron chi connectivity index (χ4n) is 12.3. The van der Waals surface area contributed by atoms with Crippen molar-refractivity contribution in [2.45, 2.75) is 302 Å². The zero-order chi connectivity index (χ0) is 57.2. The molecule has 5 saturated heterocycles. The number of aliphatic hydroxyl groups is 1. The van der Waals surface area contributed by atoms with Crippen molar-refractivity contribution in [1.82, 2.24) is 5.32 Å². The van der Waals surface area contributed by atoms with Gasteiger partial charge >= 0.3 is 23.9 Å². The van der Waals surface area contributed by atoms with E-state index in [9.17, 15) is 19.2 Å². The second-order valence-corrected chi connectivity index (χ2v) is 44.1. The van der Waals surface area contributed by atoms with Crippen LogP contribution in [0.25, 0.3) is 0 Å². The minimum absolute atomic E-state index is 0. The lowest BCUT2D eigenvalue weighted by molar-refractivity contribution is -0.151. The van der Waals surface area contributed by atoms with E-state index >= 15 is 0 Å². The van der Waals surface area contributed by atoms with Gasteiger partial charge in [-0.15, -0.1) is 0 Å². The molecule has 0 radical (unpaired) electrons. The van der Waals surface area contributed by atoms with E-state index in [1.54, 1.807) is 0 Å². The molecule has 0 aromatic carbocycles. The molecular weight excluding hydrogens is 1020 g/mol. The van der Waals surface area contributed by atoms with Crippen LogP contribution in [-0.4, -0.2) is 118 Å². The number of esters is 4. The van der Waals surface area contributed by atoms with Gasteiger partial charge in [-0.25, -0.2) is 0 Å². The third-order valence-electron chi connectivity index (χ3n) is 20.9. The number of carbonyl (C=O) groups is 4. The van der Waals surface area contributed by atoms with Gasteiger partial charge in [0.2, 0.25) is 0 Å². The molecule has 16 heteroatoms. The lowest BCUT2D eigenvalue weighted by atomic mass is 9.72. The van der Waals surface area contributed by atoms with E-state index in [1.165, 1.54) is 44.9 Å². The first-order valence-corrected chi connectivity index (χ1v) is 39.6. The molecule has 8 aliphatic rings. The number of aliphatic hydroxyl groups excluding tert-OH is 1. The summed E-state index contributed by atoms with van der Waals surface area (Å²) in [6.07, 6.45) is 25.7. The van der Waals surface area contributed by atoms with Crippen LogP contribution in [0.2, 0.25) is 54.4 Å². The van der Waals surface area contributed by atoms with E-state index in [-0.39, 0.29) is 93.1 Å². The number of hydrogen-bond donors (Lipinski definition) is 2. The molecule has 2 N–H and O–H groups in total. The summed E-state index contributed by atoms with van der Waals surface area (Å²) in [7, 11) is -5.06. The Hall–Kier alpha value is -1.67. The SMILES string of the molecule is CC(C)(C)[Si](C)(C)OCCC1CC2(CCCCC2)C(=O)O1.CC(C)(C)[Si](C)(C)OCCC1CC2(CCCCC2)C(=O)O1.CC(C)(C)[Si](C)(C)OCCC1CC2(CCNCC2)C(=O)O1.O=C1OC(CCO)CC12CCCCC2.[HH]. The smallest absolute Gasteiger partial charge is 0.312 e. The van der Waals surface area contributed by atoms with Crippen LogP contribution in [0, 0.1) is 21.7 Å². The Morgan fingerprint density at radius 2 is 0.662 bits per heavy atom. The zero-order valence-corrected chi connectivity index (χ0v) is 54.7. The Kier molecular flexibility index (Phi) is 23.3. The highest BCUT2D eigenvalue weighted by molar-refractivity contribution is 6.74. The molecule has 8 fully saturated rings. The normalized spacial score (nSPS) is 27.0. The molecule has 77 heavy (non-hydrogen) atoms. The van der Waals surface area contributed by atoms with Gasteiger partial charge in [-0.1, -0.05) is 120 Å². The molecule has 0 amide bonds. The van der Waals surface area contributed by atoms with Crippen LogP contribution in [-0.2, 0) is 51.4 Å². The summed E-state index contributed by atoms with van der Waals surface area (Å²) in [5, 5.41) is 12.8. The summed E-state index contributed by atoms with van der Waals surface area (Å²) in [5.41, 5.74) is -0.648. The number of nitrogens with one attached hydrogen (secondary N) is 1. The number of rotatable bonds is 14. The van der Waals surface area contributed by atoms with E-state index in [0.717, 1.165) is 135 Å². The van der Waals surface area contributed by atoms with Crippen molar-refractivity contribution in [3.05, 3.63) is 0 Å². The molecule has 4 spiro atoms. The molecule has 0 aromatic rings. The topological polar surface area (TPSA) is 165 Å². The van der Waals surface area contributed by atoms with E-state index in [1.807, 2.05) is 0 Å². The van der Waals surface area contributed by atoms with Gasteiger partial charge in [0, 0.05) is 79.2 Å². The summed E-state index contributed by atoms with van der Waals surface area (Å²) in [6.45, 7) is 38.1. The highest BCUT2D eigenvalue weighted by Crippen LogP contribution is 2.50. The van der Waals surface area contributed by atoms with Crippen LogP contribution in [0.15, 0.2) is 0 Å². The quantitative estimate of drug-likeness (QED) is 0.0960. The highest BCUT2D eigenvalue weighted by atomic mass is 28.4. The van der Waals surface area contributed by atoms with Gasteiger partial charge < -0.3 is 42.6 Å². The van der Waals surface area contributed by atoms with Crippen LogP contribution in [0.1, 0.15) is 224 Å². The van der Waals surface area contributed by atoms with E-state index < -0.39 is 25.0 Å². The van der Waals surface area contributed by atoms with Gasteiger partial charge in [-0.05, 0) is 119 Å². The van der Waals surface area contributed by atoms with Crippen molar-refractivity contribution < 1.29 is 57.9 Å². The highest BCUT2D eigenvalue weighted by Gasteiger charge is 2.53. The molecule has 4 atom stereocenters. The van der Waals surface area contributed by atoms with E-state index in [0.29, 0.717) is 13.0 Å². The Morgan fingerprint density at radius 3 is 0.896 bits per heavy atom. The molecule has 4 unspecified atom stereocenters. The molecule has 3 aliphatic carbocycles. The average molecular weight is 1140 g/mol. The third kappa shape index (κ3) is 17.4. The van der Waals surface area contributed by atoms with Crippen LogP contribution in [0.5, 0.6) is 0 Å². The third-order valence-corrected chi connectivity index (χ3v) is 34.5. The maximum absolute atomic E-state index is 12.2. The summed E-state index contributed by atoms with van der Waals surface area (Å²) >= 11 is 0. The van der Waals surface area contributed by atoms with Gasteiger partial charge in [-0.3, -0.25) is 19.2 Å². The molecule has 5 aliphatic heterocycles. The summed E-state index contributed by atoms with van der Waals surface area (Å²) in [6, 6.07) is 0. The number of ether oxygens (including phenoxy) is 4. The predicted molar refractivity (Wildman–Crippen MR) is 316 cm³/mol. The molecule has 8 rings (SSSR count). The van der Waals surface area contributed by atoms with Crippen molar-refractivity contribution in [2.75, 3.05) is 39.5 Å². The fourth-order valence-corrected chi connectivity index (χ4v) is 15.5. The lowest BCUT2D eigenvalue weighted by Crippen LogP contribution is -2.41. The van der Waals surface area contributed by atoms with Crippen molar-refractivity contribution in [2.24, 2.45) is 21.7 Å². The molecular formula is C61H115NO12Si3. The second-order valence-electron chi connectivity index (χ2n) is 29.7. The minimum Gasteiger partial charge on any atom is -0.462 e. The second kappa shape index (κ2) is 27.2. The van der Waals surface area contributed by atoms with Crippen molar-refractivity contribution in [3.8, 4) is 0 Å². The van der Waals surface area contributed by atoms with Crippen LogP contribution in [0.4, 0.5) is 0 Å². The number of carbonyl (C=O) groups excluding carboxylic acids is 4. The number of piperidine rings is 1.